The third kappa shape index (κ3) is 11.9. The number of rotatable bonds is 7. The van der Waals surface area contributed by atoms with Crippen molar-refractivity contribution < 1.29 is 25.8 Å². The SMILES string of the molecule is CC(C)c1cccc(C(C)C)c1[N-]C(c1ccccc1)c1nc(-c2cccc3ccccc23)cs1.C[N-]C.C[N-]C.C[N-]C.[Hf]. The minimum atomic E-state index is -0.151. The van der Waals surface area contributed by atoms with Crippen molar-refractivity contribution in [1.29, 1.82) is 0 Å². The molecular formula is C38H49HfN5S-4. The first kappa shape index (κ1) is 40.3. The van der Waals surface area contributed by atoms with Gasteiger partial charge in [-0.3, -0.25) is 0 Å². The molecule has 0 saturated carbocycles. The maximum atomic E-state index is 5.46. The van der Waals surface area contributed by atoms with E-state index in [4.69, 9.17) is 10.3 Å². The third-order valence-electron chi connectivity index (χ3n) is 6.54. The quantitative estimate of drug-likeness (QED) is 0.152. The van der Waals surface area contributed by atoms with Gasteiger partial charge in [0.2, 0.25) is 0 Å². The topological polar surface area (TPSA) is 69.3 Å². The molecule has 1 atom stereocenters. The zero-order valence-electron chi connectivity index (χ0n) is 28.6. The van der Waals surface area contributed by atoms with Crippen LogP contribution in [0.3, 0.4) is 0 Å². The molecule has 0 bridgehead atoms. The fourth-order valence-electron chi connectivity index (χ4n) is 4.68. The smallest absolute Gasteiger partial charge is 0.0831 e. The number of thiazole rings is 1. The summed E-state index contributed by atoms with van der Waals surface area (Å²) in [5, 5.41) is 21.6. The van der Waals surface area contributed by atoms with Crippen LogP contribution in [0.1, 0.15) is 67.3 Å². The third-order valence-corrected chi connectivity index (χ3v) is 7.43. The molecule has 0 aliphatic carbocycles. The van der Waals surface area contributed by atoms with Crippen LogP contribution in [0.4, 0.5) is 5.69 Å². The predicted molar refractivity (Wildman–Crippen MR) is 197 cm³/mol. The number of aromatic nitrogens is 1. The van der Waals surface area contributed by atoms with Gasteiger partial charge in [0, 0.05) is 36.8 Å². The van der Waals surface area contributed by atoms with Gasteiger partial charge in [0.05, 0.1) is 10.7 Å². The molecule has 0 amide bonds. The van der Waals surface area contributed by atoms with Crippen LogP contribution >= 0.6 is 11.3 Å². The van der Waals surface area contributed by atoms with Crippen LogP contribution in [-0.4, -0.2) is 47.3 Å². The van der Waals surface area contributed by atoms with E-state index in [9.17, 15) is 0 Å². The molecule has 0 fully saturated rings. The van der Waals surface area contributed by atoms with E-state index in [-0.39, 0.29) is 31.9 Å². The summed E-state index contributed by atoms with van der Waals surface area (Å²) in [6.07, 6.45) is 0. The Morgan fingerprint density at radius 1 is 0.600 bits per heavy atom. The van der Waals surface area contributed by atoms with E-state index in [2.05, 4.69) is 140 Å². The van der Waals surface area contributed by atoms with Crippen molar-refractivity contribution in [2.24, 2.45) is 0 Å². The zero-order chi connectivity index (χ0) is 32.5. The zero-order valence-corrected chi connectivity index (χ0v) is 33.0. The van der Waals surface area contributed by atoms with Crippen molar-refractivity contribution in [3.63, 3.8) is 0 Å². The Labute approximate surface area is 295 Å². The molecule has 0 spiro atoms. The van der Waals surface area contributed by atoms with Gasteiger partial charge in [0.1, 0.15) is 0 Å². The molecule has 5 aromatic rings. The molecule has 240 valence electrons. The molecule has 7 heteroatoms. The number of para-hydroxylation sites is 1. The molecule has 0 N–H and O–H groups in total. The summed E-state index contributed by atoms with van der Waals surface area (Å²) in [5.74, 6) is 0.790. The van der Waals surface area contributed by atoms with Crippen molar-refractivity contribution in [3.05, 3.63) is 139 Å². The maximum absolute atomic E-state index is 5.46. The van der Waals surface area contributed by atoms with Crippen LogP contribution in [0, 0.1) is 0 Å². The van der Waals surface area contributed by atoms with E-state index in [1.54, 1.807) is 53.6 Å². The first-order valence-corrected chi connectivity index (χ1v) is 15.9. The van der Waals surface area contributed by atoms with Crippen molar-refractivity contribution in [2.75, 3.05) is 42.3 Å². The molecule has 5 nitrogen and oxygen atoms in total. The molecule has 1 heterocycles. The van der Waals surface area contributed by atoms with E-state index in [1.807, 2.05) is 0 Å². The second-order valence-corrected chi connectivity index (χ2v) is 11.9. The number of benzene rings is 4. The molecule has 0 radical (unpaired) electrons. The molecule has 5 rings (SSSR count). The van der Waals surface area contributed by atoms with Crippen LogP contribution in [0.15, 0.2) is 96.4 Å². The molecule has 4 aromatic carbocycles. The number of hydrogen-bond acceptors (Lipinski definition) is 2. The second kappa shape index (κ2) is 22.0. The van der Waals surface area contributed by atoms with Gasteiger partial charge >= 0.3 is 0 Å². The maximum Gasteiger partial charge on any atom is 0.0831 e. The molecule has 1 unspecified atom stereocenters. The van der Waals surface area contributed by atoms with Crippen molar-refractivity contribution in [1.82, 2.24) is 4.98 Å². The van der Waals surface area contributed by atoms with E-state index in [0.29, 0.717) is 11.8 Å². The van der Waals surface area contributed by atoms with Crippen molar-refractivity contribution in [3.8, 4) is 11.3 Å². The van der Waals surface area contributed by atoms with Gasteiger partial charge in [-0.1, -0.05) is 135 Å². The minimum Gasteiger partial charge on any atom is -0.672 e. The summed E-state index contributed by atoms with van der Waals surface area (Å²) in [7, 11) is 10.5. The Bertz CT molecular complexity index is 1460. The second-order valence-electron chi connectivity index (χ2n) is 11.0. The Morgan fingerprint density at radius 2 is 1.09 bits per heavy atom. The van der Waals surface area contributed by atoms with E-state index in [1.165, 1.54) is 33.0 Å². The molecular weight excluding hydrogens is 737 g/mol. The van der Waals surface area contributed by atoms with Crippen LogP contribution in [0.2, 0.25) is 0 Å². The average Bonchev–Trinajstić information content (AvgIpc) is 3.51. The summed E-state index contributed by atoms with van der Waals surface area (Å²) >= 11 is 1.70. The number of hydrogen-bond donors (Lipinski definition) is 0. The van der Waals surface area contributed by atoms with E-state index >= 15 is 0 Å². The van der Waals surface area contributed by atoms with Gasteiger partial charge in [-0.25, -0.2) is 4.98 Å². The monoisotopic (exact) mass is 787 g/mol. The van der Waals surface area contributed by atoms with Gasteiger partial charge < -0.3 is 21.3 Å². The largest absolute Gasteiger partial charge is 0.672 e. The van der Waals surface area contributed by atoms with Crippen molar-refractivity contribution >= 4 is 27.8 Å². The predicted octanol–water partition coefficient (Wildman–Crippen LogP) is 11.9. The Kier molecular flexibility index (Phi) is 19.7. The van der Waals surface area contributed by atoms with Gasteiger partial charge in [-0.15, -0.1) is 17.0 Å². The van der Waals surface area contributed by atoms with Crippen LogP contribution in [0.5, 0.6) is 0 Å². The van der Waals surface area contributed by atoms with Gasteiger partial charge in [-0.2, -0.15) is 42.3 Å². The molecule has 0 aliphatic heterocycles. The molecule has 0 aliphatic rings. The first-order chi connectivity index (χ1) is 21.3. The molecule has 0 saturated heterocycles. The van der Waals surface area contributed by atoms with Crippen molar-refractivity contribution in [2.45, 2.75) is 45.6 Å². The minimum absolute atomic E-state index is 0. The van der Waals surface area contributed by atoms with E-state index < -0.39 is 0 Å². The Balaban J connectivity index is 0.000000910. The fourth-order valence-corrected chi connectivity index (χ4v) is 5.56. The van der Waals surface area contributed by atoms with Gasteiger partial charge in [0.15, 0.2) is 0 Å². The number of nitrogens with zero attached hydrogens (tertiary/aromatic N) is 5. The Morgan fingerprint density at radius 3 is 1.64 bits per heavy atom. The Hall–Kier alpha value is -2.68. The summed E-state index contributed by atoms with van der Waals surface area (Å²) in [6, 6.07) is 32.0. The van der Waals surface area contributed by atoms with Crippen LogP contribution in [0.25, 0.3) is 43.3 Å². The fraction of sp³-hybridized carbons (Fsp3) is 0.342. The molecule has 45 heavy (non-hydrogen) atoms. The van der Waals surface area contributed by atoms with Crippen LogP contribution < -0.4 is 0 Å². The van der Waals surface area contributed by atoms with Gasteiger partial charge in [-0.05, 0) is 28.7 Å². The standard InChI is InChI=1S/C32H31N2S.3C2H6N.Hf/c1-21(2)25-17-11-18-26(22(3)4)31(25)34-30(24-13-6-5-7-14-24)32-33-29(20-35-32)28-19-10-15-23-12-8-9-16-27(23)28;3*1-3-2;/h5-22,30H,1-4H3;3*1-2H3;/q4*-1;. The summed E-state index contributed by atoms with van der Waals surface area (Å²) in [5.41, 5.74) is 7.06. The molecule has 1 aromatic heterocycles. The normalized spacial score (nSPS) is 10.8. The average molecular weight is 786 g/mol. The van der Waals surface area contributed by atoms with E-state index in [0.717, 1.165) is 16.4 Å². The first-order valence-electron chi connectivity index (χ1n) is 15.0. The summed E-state index contributed by atoms with van der Waals surface area (Å²) in [6.45, 7) is 8.99. The summed E-state index contributed by atoms with van der Waals surface area (Å²) in [4.78, 5) is 5.18. The summed E-state index contributed by atoms with van der Waals surface area (Å²) < 4.78 is 0. The van der Waals surface area contributed by atoms with Crippen LogP contribution in [-0.2, 0) is 25.8 Å². The van der Waals surface area contributed by atoms with Gasteiger partial charge in [0.25, 0.3) is 0 Å². The number of fused-ring (bicyclic) bond motifs is 1.